The fourth-order valence-electron chi connectivity index (χ4n) is 2.76. The van der Waals surface area contributed by atoms with Gasteiger partial charge in [-0.15, -0.1) is 11.8 Å². The summed E-state index contributed by atoms with van der Waals surface area (Å²) in [7, 11) is 0. The second-order valence-corrected chi connectivity index (χ2v) is 6.91. The van der Waals surface area contributed by atoms with Crippen molar-refractivity contribution in [2.45, 2.75) is 39.0 Å². The summed E-state index contributed by atoms with van der Waals surface area (Å²) >= 11 is 1.67. The number of benzene rings is 2. The third-order valence-corrected chi connectivity index (χ3v) is 4.73. The van der Waals surface area contributed by atoms with Gasteiger partial charge in [0.15, 0.2) is 0 Å². The van der Waals surface area contributed by atoms with Crippen LogP contribution in [0.5, 0.6) is 0 Å². The van der Waals surface area contributed by atoms with Gasteiger partial charge in [0.25, 0.3) is 0 Å². The van der Waals surface area contributed by atoms with Crippen molar-refractivity contribution in [2.24, 2.45) is 0 Å². The van der Waals surface area contributed by atoms with E-state index in [-0.39, 0.29) is 11.9 Å². The minimum atomic E-state index is 0.102. The van der Waals surface area contributed by atoms with Crippen molar-refractivity contribution in [1.82, 2.24) is 5.32 Å². The van der Waals surface area contributed by atoms with E-state index in [9.17, 15) is 4.79 Å². The average molecular weight is 327 g/mol. The van der Waals surface area contributed by atoms with E-state index in [4.69, 9.17) is 0 Å². The van der Waals surface area contributed by atoms with Crippen LogP contribution in [0.4, 0.5) is 0 Å². The molecule has 2 aromatic rings. The molecule has 0 bridgehead atoms. The molecular weight excluding hydrogens is 302 g/mol. The summed E-state index contributed by atoms with van der Waals surface area (Å²) in [6, 6.07) is 16.8. The highest BCUT2D eigenvalue weighted by atomic mass is 32.2. The predicted octanol–water partition coefficient (Wildman–Crippen LogP) is 4.80. The number of aryl methyl sites for hydroxylation is 2. The van der Waals surface area contributed by atoms with Crippen LogP contribution in [0.1, 0.15) is 41.6 Å². The van der Waals surface area contributed by atoms with Gasteiger partial charge in [-0.25, -0.2) is 0 Å². The fraction of sp³-hybridized carbons (Fsp3) is 0.350. The lowest BCUT2D eigenvalue weighted by Gasteiger charge is -2.17. The Morgan fingerprint density at radius 2 is 1.74 bits per heavy atom. The molecule has 0 aliphatic carbocycles. The largest absolute Gasteiger partial charge is 0.349 e. The molecule has 0 aliphatic heterocycles. The normalized spacial score (nSPS) is 12.0. The topological polar surface area (TPSA) is 29.1 Å². The molecule has 2 aromatic carbocycles. The van der Waals surface area contributed by atoms with Gasteiger partial charge in [0.1, 0.15) is 0 Å². The highest BCUT2D eigenvalue weighted by Gasteiger charge is 2.12. The van der Waals surface area contributed by atoms with Crippen molar-refractivity contribution >= 4 is 17.7 Å². The molecule has 0 fully saturated rings. The zero-order chi connectivity index (χ0) is 16.7. The number of nitrogens with one attached hydrogen (secondary N) is 1. The Hall–Kier alpha value is -1.74. The molecule has 1 amide bonds. The molecule has 2 rings (SSSR count). The van der Waals surface area contributed by atoms with Crippen LogP contribution in [0.15, 0.2) is 48.5 Å². The van der Waals surface area contributed by atoms with Gasteiger partial charge in [0, 0.05) is 5.75 Å². The van der Waals surface area contributed by atoms with Crippen molar-refractivity contribution in [1.29, 1.82) is 0 Å². The molecule has 0 aliphatic rings. The number of carbonyl (C=O) groups is 1. The van der Waals surface area contributed by atoms with Gasteiger partial charge in [-0.3, -0.25) is 4.79 Å². The molecule has 0 unspecified atom stereocenters. The van der Waals surface area contributed by atoms with Gasteiger partial charge < -0.3 is 5.32 Å². The van der Waals surface area contributed by atoms with E-state index in [1.54, 1.807) is 11.8 Å². The maximum Gasteiger partial charge on any atom is 0.230 e. The first-order valence-electron chi connectivity index (χ1n) is 8.07. The highest BCUT2D eigenvalue weighted by Crippen LogP contribution is 2.18. The van der Waals surface area contributed by atoms with Crippen LogP contribution in [0.2, 0.25) is 0 Å². The summed E-state index contributed by atoms with van der Waals surface area (Å²) in [5.41, 5.74) is 5.01. The van der Waals surface area contributed by atoms with Crippen LogP contribution in [0.3, 0.4) is 0 Å². The average Bonchev–Trinajstić information content (AvgIpc) is 2.52. The predicted molar refractivity (Wildman–Crippen MR) is 99.7 cm³/mol. The van der Waals surface area contributed by atoms with Gasteiger partial charge in [-0.05, 0) is 31.4 Å². The van der Waals surface area contributed by atoms with Gasteiger partial charge in [0.05, 0.1) is 11.8 Å². The zero-order valence-electron chi connectivity index (χ0n) is 14.1. The summed E-state index contributed by atoms with van der Waals surface area (Å²) < 4.78 is 0. The summed E-state index contributed by atoms with van der Waals surface area (Å²) in [6.45, 7) is 6.32. The first-order chi connectivity index (χ1) is 11.1. The third kappa shape index (κ3) is 5.76. The Labute approximate surface area is 143 Å². The SMILES string of the molecule is CC[C@@H](NC(=O)CSCc1cc(C)cc(C)c1)c1ccccc1. The Kier molecular flexibility index (Phi) is 6.72. The maximum atomic E-state index is 12.2. The molecule has 3 heteroatoms. The van der Waals surface area contributed by atoms with Crippen molar-refractivity contribution in [3.05, 3.63) is 70.8 Å². The molecule has 122 valence electrons. The quantitative estimate of drug-likeness (QED) is 0.791. The second kappa shape index (κ2) is 8.78. The number of amides is 1. The standard InChI is InChI=1S/C20H25NOS/c1-4-19(18-8-6-5-7-9-18)21-20(22)14-23-13-17-11-15(2)10-16(3)12-17/h5-12,19H,4,13-14H2,1-3H3,(H,21,22)/t19-/m1/s1. The number of carbonyl (C=O) groups excluding carboxylic acids is 1. The van der Waals surface area contributed by atoms with E-state index in [0.29, 0.717) is 5.75 Å². The van der Waals surface area contributed by atoms with Crippen molar-refractivity contribution < 1.29 is 4.79 Å². The molecule has 0 aromatic heterocycles. The van der Waals surface area contributed by atoms with Crippen molar-refractivity contribution in [2.75, 3.05) is 5.75 Å². The van der Waals surface area contributed by atoms with E-state index in [2.05, 4.69) is 56.4 Å². The molecule has 2 nitrogen and oxygen atoms in total. The van der Waals surface area contributed by atoms with Crippen LogP contribution >= 0.6 is 11.8 Å². The highest BCUT2D eigenvalue weighted by molar-refractivity contribution is 7.99. The first kappa shape index (κ1) is 17.6. The number of hydrogen-bond acceptors (Lipinski definition) is 2. The van der Waals surface area contributed by atoms with E-state index in [0.717, 1.165) is 12.2 Å². The summed E-state index contributed by atoms with van der Waals surface area (Å²) in [5.74, 6) is 1.48. The minimum Gasteiger partial charge on any atom is -0.349 e. The van der Waals surface area contributed by atoms with Crippen LogP contribution in [0, 0.1) is 13.8 Å². The Morgan fingerprint density at radius 3 is 2.35 bits per heavy atom. The Bertz CT molecular complexity index is 619. The molecule has 1 N–H and O–H groups in total. The molecule has 23 heavy (non-hydrogen) atoms. The molecule has 0 saturated heterocycles. The van der Waals surface area contributed by atoms with Crippen molar-refractivity contribution in [3.8, 4) is 0 Å². The molecule has 0 saturated carbocycles. The number of hydrogen-bond donors (Lipinski definition) is 1. The van der Waals surface area contributed by atoms with E-state index >= 15 is 0 Å². The number of rotatable bonds is 7. The summed E-state index contributed by atoms with van der Waals surface area (Å²) in [4.78, 5) is 12.2. The molecule has 0 radical (unpaired) electrons. The Balaban J connectivity index is 1.82. The second-order valence-electron chi connectivity index (χ2n) is 5.93. The van der Waals surface area contributed by atoms with Crippen LogP contribution < -0.4 is 5.32 Å². The van der Waals surface area contributed by atoms with Gasteiger partial charge in [0.2, 0.25) is 5.91 Å². The zero-order valence-corrected chi connectivity index (χ0v) is 15.0. The van der Waals surface area contributed by atoms with Crippen LogP contribution in [-0.4, -0.2) is 11.7 Å². The smallest absolute Gasteiger partial charge is 0.230 e. The van der Waals surface area contributed by atoms with Gasteiger partial charge >= 0.3 is 0 Å². The van der Waals surface area contributed by atoms with E-state index in [1.807, 2.05) is 18.2 Å². The summed E-state index contributed by atoms with van der Waals surface area (Å²) in [6.07, 6.45) is 0.900. The van der Waals surface area contributed by atoms with Crippen molar-refractivity contribution in [3.63, 3.8) is 0 Å². The fourth-order valence-corrected chi connectivity index (χ4v) is 3.53. The monoisotopic (exact) mass is 327 g/mol. The Morgan fingerprint density at radius 1 is 1.09 bits per heavy atom. The number of thioether (sulfide) groups is 1. The van der Waals surface area contributed by atoms with Crippen LogP contribution in [-0.2, 0) is 10.5 Å². The van der Waals surface area contributed by atoms with E-state index in [1.165, 1.54) is 22.3 Å². The van der Waals surface area contributed by atoms with E-state index < -0.39 is 0 Å². The third-order valence-electron chi connectivity index (χ3n) is 3.73. The molecular formula is C20H25NOS. The lowest BCUT2D eigenvalue weighted by atomic mass is 10.0. The van der Waals surface area contributed by atoms with Gasteiger partial charge in [-0.1, -0.05) is 66.6 Å². The summed E-state index contributed by atoms with van der Waals surface area (Å²) in [5, 5.41) is 3.13. The van der Waals surface area contributed by atoms with Gasteiger partial charge in [-0.2, -0.15) is 0 Å². The first-order valence-corrected chi connectivity index (χ1v) is 9.23. The minimum absolute atomic E-state index is 0.102. The molecule has 1 atom stereocenters. The maximum absolute atomic E-state index is 12.2. The lowest BCUT2D eigenvalue weighted by molar-refractivity contribution is -0.119. The van der Waals surface area contributed by atoms with Crippen LogP contribution in [0.25, 0.3) is 0 Å². The lowest BCUT2D eigenvalue weighted by Crippen LogP contribution is -2.29. The molecule has 0 heterocycles. The molecule has 0 spiro atoms.